The van der Waals surface area contributed by atoms with E-state index in [0.29, 0.717) is 18.0 Å². The maximum absolute atomic E-state index is 13.3. The predicted molar refractivity (Wildman–Crippen MR) is 70.8 cm³/mol. The summed E-state index contributed by atoms with van der Waals surface area (Å²) in [5, 5.41) is 0.0276. The second-order valence-electron chi connectivity index (χ2n) is 4.02. The summed E-state index contributed by atoms with van der Waals surface area (Å²) in [6, 6.07) is 4.57. The summed E-state index contributed by atoms with van der Waals surface area (Å²) in [6.07, 6.45) is 0.831. The summed E-state index contributed by atoms with van der Waals surface area (Å²) in [6.45, 7) is 4.31. The standard InChI is InChI=1S/C13H13ClFN3O/c1-3-6-19-13-17-11(16-12(14)18-13)10-7-9(15)5-4-8(10)2/h4-5,7H,3,6H2,1-2H3. The molecule has 2 rings (SSSR count). The Balaban J connectivity index is 2.43. The highest BCUT2D eigenvalue weighted by Gasteiger charge is 2.11. The van der Waals surface area contributed by atoms with Gasteiger partial charge in [-0.25, -0.2) is 4.39 Å². The van der Waals surface area contributed by atoms with Crippen LogP contribution in [0.5, 0.6) is 6.01 Å². The maximum Gasteiger partial charge on any atom is 0.321 e. The molecule has 0 bridgehead atoms. The minimum absolute atomic E-state index is 0.0276. The molecule has 0 saturated carbocycles. The summed E-state index contributed by atoms with van der Waals surface area (Å²) in [4.78, 5) is 12.0. The van der Waals surface area contributed by atoms with Crippen molar-refractivity contribution >= 4 is 11.6 Å². The van der Waals surface area contributed by atoms with Crippen LogP contribution in [-0.2, 0) is 0 Å². The van der Waals surface area contributed by atoms with Gasteiger partial charge in [-0.15, -0.1) is 0 Å². The number of rotatable bonds is 4. The van der Waals surface area contributed by atoms with E-state index in [1.165, 1.54) is 12.1 Å². The molecule has 100 valence electrons. The fourth-order valence-electron chi connectivity index (χ4n) is 1.55. The highest BCUT2D eigenvalue weighted by molar-refractivity contribution is 6.28. The Morgan fingerprint density at radius 2 is 2.05 bits per heavy atom. The first-order valence-electron chi connectivity index (χ1n) is 5.91. The molecule has 0 spiro atoms. The number of hydrogen-bond donors (Lipinski definition) is 0. The van der Waals surface area contributed by atoms with Gasteiger partial charge in [-0.2, -0.15) is 15.0 Å². The summed E-state index contributed by atoms with van der Waals surface area (Å²) in [5.74, 6) is -0.0451. The van der Waals surface area contributed by atoms with E-state index in [1.807, 2.05) is 13.8 Å². The Labute approximate surface area is 115 Å². The molecule has 0 aliphatic carbocycles. The molecule has 4 nitrogen and oxygen atoms in total. The zero-order valence-corrected chi connectivity index (χ0v) is 11.4. The van der Waals surface area contributed by atoms with Gasteiger partial charge in [0.15, 0.2) is 5.82 Å². The van der Waals surface area contributed by atoms with Crippen molar-refractivity contribution in [3.8, 4) is 17.4 Å². The molecule has 0 unspecified atom stereocenters. The van der Waals surface area contributed by atoms with Crippen molar-refractivity contribution in [2.75, 3.05) is 6.61 Å². The lowest BCUT2D eigenvalue weighted by Crippen LogP contribution is -2.03. The fourth-order valence-corrected chi connectivity index (χ4v) is 1.70. The van der Waals surface area contributed by atoms with Crippen molar-refractivity contribution in [1.82, 2.24) is 15.0 Å². The van der Waals surface area contributed by atoms with Crippen LogP contribution < -0.4 is 4.74 Å². The van der Waals surface area contributed by atoms with Crippen LogP contribution in [0.2, 0.25) is 5.28 Å². The number of aromatic nitrogens is 3. The fraction of sp³-hybridized carbons (Fsp3) is 0.308. The van der Waals surface area contributed by atoms with Gasteiger partial charge >= 0.3 is 6.01 Å². The molecule has 1 aromatic carbocycles. The molecule has 19 heavy (non-hydrogen) atoms. The normalized spacial score (nSPS) is 10.5. The Hall–Kier alpha value is -1.75. The lowest BCUT2D eigenvalue weighted by Gasteiger charge is -2.07. The lowest BCUT2D eigenvalue weighted by atomic mass is 10.1. The van der Waals surface area contributed by atoms with Gasteiger partial charge in [0.1, 0.15) is 5.82 Å². The number of benzene rings is 1. The first-order chi connectivity index (χ1) is 9.10. The summed E-state index contributed by atoms with van der Waals surface area (Å²) >= 11 is 5.83. The second-order valence-corrected chi connectivity index (χ2v) is 4.36. The van der Waals surface area contributed by atoms with Gasteiger partial charge in [-0.05, 0) is 42.6 Å². The topological polar surface area (TPSA) is 47.9 Å². The average molecular weight is 282 g/mol. The summed E-state index contributed by atoms with van der Waals surface area (Å²) in [5.41, 5.74) is 1.43. The van der Waals surface area contributed by atoms with Crippen LogP contribution in [0.3, 0.4) is 0 Å². The predicted octanol–water partition coefficient (Wildman–Crippen LogP) is 3.43. The third-order valence-corrected chi connectivity index (χ3v) is 2.63. The number of nitrogens with zero attached hydrogens (tertiary/aromatic N) is 3. The maximum atomic E-state index is 13.3. The quantitative estimate of drug-likeness (QED) is 0.861. The van der Waals surface area contributed by atoms with E-state index >= 15 is 0 Å². The third-order valence-electron chi connectivity index (χ3n) is 2.46. The van der Waals surface area contributed by atoms with Gasteiger partial charge in [-0.3, -0.25) is 0 Å². The van der Waals surface area contributed by atoms with Gasteiger partial charge in [0.05, 0.1) is 6.61 Å². The van der Waals surface area contributed by atoms with E-state index in [4.69, 9.17) is 16.3 Å². The van der Waals surface area contributed by atoms with Crippen LogP contribution in [0, 0.1) is 12.7 Å². The Morgan fingerprint density at radius 3 is 2.79 bits per heavy atom. The molecule has 0 aliphatic rings. The number of halogens is 2. The molecule has 0 saturated heterocycles. The molecule has 1 heterocycles. The van der Waals surface area contributed by atoms with E-state index in [9.17, 15) is 4.39 Å². The molecule has 0 aliphatic heterocycles. The third kappa shape index (κ3) is 3.38. The van der Waals surface area contributed by atoms with Crippen LogP contribution in [0.25, 0.3) is 11.4 Å². The molecular weight excluding hydrogens is 269 g/mol. The van der Waals surface area contributed by atoms with Crippen LogP contribution in [0.4, 0.5) is 4.39 Å². The van der Waals surface area contributed by atoms with Gasteiger partial charge in [0, 0.05) is 5.56 Å². The first-order valence-corrected chi connectivity index (χ1v) is 6.29. The SMILES string of the molecule is CCCOc1nc(Cl)nc(-c2cc(F)ccc2C)n1. The highest BCUT2D eigenvalue weighted by atomic mass is 35.5. The molecule has 0 fully saturated rings. The molecule has 0 radical (unpaired) electrons. The first kappa shape index (κ1) is 13.7. The van der Waals surface area contributed by atoms with Crippen molar-refractivity contribution in [1.29, 1.82) is 0 Å². The average Bonchev–Trinajstić information content (AvgIpc) is 2.38. The van der Waals surface area contributed by atoms with Gasteiger partial charge in [-0.1, -0.05) is 13.0 Å². The van der Waals surface area contributed by atoms with E-state index in [0.717, 1.165) is 12.0 Å². The number of ether oxygens (including phenoxy) is 1. The van der Waals surface area contributed by atoms with E-state index < -0.39 is 0 Å². The van der Waals surface area contributed by atoms with Crippen LogP contribution in [0.1, 0.15) is 18.9 Å². The Morgan fingerprint density at radius 1 is 1.26 bits per heavy atom. The van der Waals surface area contributed by atoms with Crippen molar-refractivity contribution in [2.45, 2.75) is 20.3 Å². The Kier molecular flexibility index (Phi) is 4.27. The second kappa shape index (κ2) is 5.93. The van der Waals surface area contributed by atoms with Crippen molar-refractivity contribution in [3.63, 3.8) is 0 Å². The molecule has 0 atom stereocenters. The van der Waals surface area contributed by atoms with Crippen LogP contribution >= 0.6 is 11.6 Å². The zero-order valence-electron chi connectivity index (χ0n) is 10.7. The number of aryl methyl sites for hydroxylation is 1. The van der Waals surface area contributed by atoms with Crippen molar-refractivity contribution in [3.05, 3.63) is 34.9 Å². The molecule has 1 aromatic heterocycles. The van der Waals surface area contributed by atoms with Crippen LogP contribution in [-0.4, -0.2) is 21.6 Å². The highest BCUT2D eigenvalue weighted by Crippen LogP contribution is 2.23. The molecule has 2 aromatic rings. The Bertz CT molecular complexity index is 592. The minimum Gasteiger partial charge on any atom is -0.463 e. The van der Waals surface area contributed by atoms with Gasteiger partial charge in [0.2, 0.25) is 5.28 Å². The monoisotopic (exact) mass is 281 g/mol. The summed E-state index contributed by atoms with van der Waals surface area (Å²) in [7, 11) is 0. The largest absolute Gasteiger partial charge is 0.463 e. The number of hydrogen-bond acceptors (Lipinski definition) is 4. The molecular formula is C13H13ClFN3O. The molecule has 0 amide bonds. The van der Waals surface area contributed by atoms with E-state index in [-0.39, 0.29) is 17.1 Å². The molecule has 0 N–H and O–H groups in total. The van der Waals surface area contributed by atoms with E-state index in [2.05, 4.69) is 15.0 Å². The van der Waals surface area contributed by atoms with Crippen molar-refractivity contribution < 1.29 is 9.13 Å². The van der Waals surface area contributed by atoms with Gasteiger partial charge in [0.25, 0.3) is 0 Å². The van der Waals surface area contributed by atoms with Crippen LogP contribution in [0.15, 0.2) is 18.2 Å². The summed E-state index contributed by atoms with van der Waals surface area (Å²) < 4.78 is 18.6. The van der Waals surface area contributed by atoms with Gasteiger partial charge < -0.3 is 4.74 Å². The van der Waals surface area contributed by atoms with E-state index in [1.54, 1.807) is 6.07 Å². The smallest absolute Gasteiger partial charge is 0.321 e. The zero-order chi connectivity index (χ0) is 13.8. The molecule has 6 heteroatoms. The minimum atomic E-state index is -0.354. The lowest BCUT2D eigenvalue weighted by molar-refractivity contribution is 0.291. The van der Waals surface area contributed by atoms with Crippen molar-refractivity contribution in [2.24, 2.45) is 0 Å².